The number of methoxy groups -OCH3 is 1. The molecule has 1 aromatic heterocycles. The van der Waals surface area contributed by atoms with Crippen LogP contribution in [0.15, 0.2) is 36.7 Å². The molecule has 2 atom stereocenters. The maximum absolute atomic E-state index is 5.21. The number of nitrogens with one attached hydrogen (secondary N) is 1. The van der Waals surface area contributed by atoms with Gasteiger partial charge in [-0.05, 0) is 38.0 Å². The average Bonchev–Trinajstić information content (AvgIpc) is 2.53. The molecule has 0 aliphatic rings. The minimum Gasteiger partial charge on any atom is -0.497 e. The van der Waals surface area contributed by atoms with Crippen LogP contribution < -0.4 is 10.1 Å². The molecule has 1 heterocycles. The van der Waals surface area contributed by atoms with Gasteiger partial charge in [0.05, 0.1) is 18.5 Å². The number of hydrogen-bond donors (Lipinski definition) is 1. The Morgan fingerprint density at radius 1 is 1.14 bits per heavy atom. The molecule has 2 unspecified atom stereocenters. The van der Waals surface area contributed by atoms with Gasteiger partial charge in [0.25, 0.3) is 0 Å². The van der Waals surface area contributed by atoms with Crippen LogP contribution in [-0.2, 0) is 0 Å². The summed E-state index contributed by atoms with van der Waals surface area (Å²) in [5, 5.41) is 3.63. The first-order valence-corrected chi connectivity index (χ1v) is 7.33. The van der Waals surface area contributed by atoms with Crippen molar-refractivity contribution >= 4 is 0 Å². The first kappa shape index (κ1) is 15.4. The standard InChI is InChI=1S/C17H23N3O/c1-5-16(14-6-8-15(21-4)9-7-14)20-13(3)17-12(2)18-10-11-19-17/h6-11,13,16,20H,5H2,1-4H3. The minimum absolute atomic E-state index is 0.158. The molecule has 0 aliphatic carbocycles. The highest BCUT2D eigenvalue weighted by molar-refractivity contribution is 5.29. The molecule has 2 aromatic rings. The molecule has 112 valence electrons. The largest absolute Gasteiger partial charge is 0.497 e. The molecule has 1 aromatic carbocycles. The fraction of sp³-hybridized carbons (Fsp3) is 0.412. The van der Waals surface area contributed by atoms with E-state index in [1.807, 2.05) is 19.1 Å². The van der Waals surface area contributed by atoms with Crippen LogP contribution in [0.5, 0.6) is 5.75 Å². The van der Waals surface area contributed by atoms with Gasteiger partial charge in [-0.3, -0.25) is 9.97 Å². The smallest absolute Gasteiger partial charge is 0.118 e. The van der Waals surface area contributed by atoms with Crippen molar-refractivity contribution in [2.45, 2.75) is 39.3 Å². The van der Waals surface area contributed by atoms with Gasteiger partial charge in [-0.1, -0.05) is 19.1 Å². The van der Waals surface area contributed by atoms with Crippen LogP contribution in [0.2, 0.25) is 0 Å². The van der Waals surface area contributed by atoms with Crippen molar-refractivity contribution in [1.82, 2.24) is 15.3 Å². The van der Waals surface area contributed by atoms with Crippen LogP contribution in [0, 0.1) is 6.92 Å². The summed E-state index contributed by atoms with van der Waals surface area (Å²) < 4.78 is 5.21. The summed E-state index contributed by atoms with van der Waals surface area (Å²) in [6.45, 7) is 6.30. The topological polar surface area (TPSA) is 47.0 Å². The molecule has 0 amide bonds. The number of hydrogen-bond acceptors (Lipinski definition) is 4. The van der Waals surface area contributed by atoms with Gasteiger partial charge in [0.15, 0.2) is 0 Å². The van der Waals surface area contributed by atoms with Gasteiger partial charge in [-0.2, -0.15) is 0 Å². The fourth-order valence-electron chi connectivity index (χ4n) is 2.51. The molecule has 0 spiro atoms. The average molecular weight is 285 g/mol. The summed E-state index contributed by atoms with van der Waals surface area (Å²) in [5.41, 5.74) is 3.23. The third-order valence-corrected chi connectivity index (χ3v) is 3.71. The monoisotopic (exact) mass is 285 g/mol. The van der Waals surface area contributed by atoms with E-state index in [1.165, 1.54) is 5.56 Å². The van der Waals surface area contributed by atoms with Gasteiger partial charge in [0.1, 0.15) is 5.75 Å². The Bertz CT molecular complexity index is 569. The van der Waals surface area contributed by atoms with Crippen LogP contribution in [0.3, 0.4) is 0 Å². The summed E-state index contributed by atoms with van der Waals surface area (Å²) in [6.07, 6.45) is 4.48. The lowest BCUT2D eigenvalue weighted by Gasteiger charge is -2.23. The predicted molar refractivity (Wildman–Crippen MR) is 84.3 cm³/mol. The number of aromatic nitrogens is 2. The Kier molecular flexibility index (Phi) is 5.28. The lowest BCUT2D eigenvalue weighted by atomic mass is 10.0. The van der Waals surface area contributed by atoms with Crippen LogP contribution in [-0.4, -0.2) is 17.1 Å². The molecule has 0 aliphatic heterocycles. The van der Waals surface area contributed by atoms with E-state index >= 15 is 0 Å². The third kappa shape index (κ3) is 3.79. The van der Waals surface area contributed by atoms with Gasteiger partial charge in [-0.25, -0.2) is 0 Å². The van der Waals surface area contributed by atoms with Gasteiger partial charge in [-0.15, -0.1) is 0 Å². The highest BCUT2D eigenvalue weighted by Gasteiger charge is 2.16. The fourth-order valence-corrected chi connectivity index (χ4v) is 2.51. The SMILES string of the molecule is CCC(NC(C)c1nccnc1C)c1ccc(OC)cc1. The second-order valence-corrected chi connectivity index (χ2v) is 5.15. The maximum Gasteiger partial charge on any atom is 0.118 e. The maximum atomic E-state index is 5.21. The summed E-state index contributed by atoms with van der Waals surface area (Å²) >= 11 is 0. The van der Waals surface area contributed by atoms with E-state index in [0.717, 1.165) is 23.6 Å². The minimum atomic E-state index is 0.158. The molecule has 0 saturated carbocycles. The van der Waals surface area contributed by atoms with Crippen molar-refractivity contribution in [2.75, 3.05) is 7.11 Å². The first-order chi connectivity index (χ1) is 10.2. The number of benzene rings is 1. The normalized spacial score (nSPS) is 13.7. The lowest BCUT2D eigenvalue weighted by molar-refractivity contribution is 0.413. The van der Waals surface area contributed by atoms with Crippen LogP contribution in [0.25, 0.3) is 0 Å². The van der Waals surface area contributed by atoms with Crippen molar-refractivity contribution in [3.8, 4) is 5.75 Å². The van der Waals surface area contributed by atoms with Crippen molar-refractivity contribution in [2.24, 2.45) is 0 Å². The highest BCUT2D eigenvalue weighted by atomic mass is 16.5. The van der Waals surface area contributed by atoms with Gasteiger partial charge in [0, 0.05) is 24.5 Å². The molecule has 21 heavy (non-hydrogen) atoms. The molecule has 1 N–H and O–H groups in total. The zero-order valence-corrected chi connectivity index (χ0v) is 13.1. The zero-order chi connectivity index (χ0) is 15.2. The summed E-state index contributed by atoms with van der Waals surface area (Å²) in [5.74, 6) is 0.881. The third-order valence-electron chi connectivity index (χ3n) is 3.71. The molecule has 2 rings (SSSR count). The Hall–Kier alpha value is -1.94. The summed E-state index contributed by atoms with van der Waals surface area (Å²) in [6, 6.07) is 8.65. The van der Waals surface area contributed by atoms with Gasteiger partial charge >= 0.3 is 0 Å². The highest BCUT2D eigenvalue weighted by Crippen LogP contribution is 2.24. The van der Waals surface area contributed by atoms with Crippen molar-refractivity contribution in [1.29, 1.82) is 0 Å². The number of nitrogens with zero attached hydrogens (tertiary/aromatic N) is 2. The quantitative estimate of drug-likeness (QED) is 0.881. The van der Waals surface area contributed by atoms with E-state index in [1.54, 1.807) is 19.5 Å². The van der Waals surface area contributed by atoms with Crippen molar-refractivity contribution < 1.29 is 4.74 Å². The van der Waals surface area contributed by atoms with E-state index < -0.39 is 0 Å². The van der Waals surface area contributed by atoms with E-state index in [-0.39, 0.29) is 12.1 Å². The lowest BCUT2D eigenvalue weighted by Crippen LogP contribution is -2.25. The molecular formula is C17H23N3O. The van der Waals surface area contributed by atoms with Gasteiger partial charge < -0.3 is 10.1 Å². The second-order valence-electron chi connectivity index (χ2n) is 5.15. The van der Waals surface area contributed by atoms with E-state index in [9.17, 15) is 0 Å². The number of aryl methyl sites for hydroxylation is 1. The van der Waals surface area contributed by atoms with Crippen molar-refractivity contribution in [3.63, 3.8) is 0 Å². The molecule has 4 heteroatoms. The molecule has 4 nitrogen and oxygen atoms in total. The Morgan fingerprint density at radius 3 is 2.38 bits per heavy atom. The Morgan fingerprint density at radius 2 is 1.81 bits per heavy atom. The Balaban J connectivity index is 2.13. The predicted octanol–water partition coefficient (Wildman–Crippen LogP) is 3.60. The summed E-state index contributed by atoms with van der Waals surface area (Å²) in [7, 11) is 1.68. The second kappa shape index (κ2) is 7.18. The van der Waals surface area contributed by atoms with Crippen LogP contribution >= 0.6 is 0 Å². The first-order valence-electron chi connectivity index (χ1n) is 7.33. The van der Waals surface area contributed by atoms with E-state index in [2.05, 4.69) is 41.3 Å². The molecule has 0 saturated heterocycles. The number of rotatable bonds is 6. The number of ether oxygens (including phenoxy) is 1. The summed E-state index contributed by atoms with van der Waals surface area (Å²) in [4.78, 5) is 8.75. The van der Waals surface area contributed by atoms with Crippen LogP contribution in [0.4, 0.5) is 0 Å². The molecule has 0 radical (unpaired) electrons. The molecule has 0 bridgehead atoms. The van der Waals surface area contributed by atoms with Gasteiger partial charge in [0.2, 0.25) is 0 Å². The van der Waals surface area contributed by atoms with E-state index in [4.69, 9.17) is 4.74 Å². The Labute approximate surface area is 126 Å². The molecule has 0 fully saturated rings. The van der Waals surface area contributed by atoms with Crippen LogP contribution in [0.1, 0.15) is 49.3 Å². The molecular weight excluding hydrogens is 262 g/mol. The van der Waals surface area contributed by atoms with Crippen molar-refractivity contribution in [3.05, 3.63) is 53.6 Å². The zero-order valence-electron chi connectivity index (χ0n) is 13.1. The van der Waals surface area contributed by atoms with E-state index in [0.29, 0.717) is 0 Å².